The highest BCUT2D eigenvalue weighted by atomic mass is 16.6. The van der Waals surface area contributed by atoms with Crippen molar-refractivity contribution in [3.63, 3.8) is 0 Å². The normalized spacial score (nSPS) is 28.6. The Kier molecular flexibility index (Phi) is 8.02. The first-order valence-electron chi connectivity index (χ1n) is 12.9. The topological polar surface area (TPSA) is 77.1 Å². The van der Waals surface area contributed by atoms with Gasteiger partial charge in [0, 0.05) is 13.0 Å². The van der Waals surface area contributed by atoms with Crippen LogP contribution >= 0.6 is 0 Å². The second kappa shape index (κ2) is 11.0. The number of hydrogen-bond donors (Lipinski definition) is 1. The molecule has 0 unspecified atom stereocenters. The first-order valence-corrected chi connectivity index (χ1v) is 12.9. The molecule has 7 heteroatoms. The molecule has 5 rings (SSSR count). The highest BCUT2D eigenvalue weighted by Gasteiger charge is 2.37. The number of piperidine rings is 1. The zero-order valence-electron chi connectivity index (χ0n) is 20.9. The van der Waals surface area contributed by atoms with Crippen molar-refractivity contribution < 1.29 is 23.8 Å². The van der Waals surface area contributed by atoms with Crippen LogP contribution in [0.5, 0.6) is 5.75 Å². The van der Waals surface area contributed by atoms with Crippen LogP contribution in [0.15, 0.2) is 24.3 Å². The van der Waals surface area contributed by atoms with E-state index in [0.717, 1.165) is 44.3 Å². The molecule has 34 heavy (non-hydrogen) atoms. The van der Waals surface area contributed by atoms with Crippen molar-refractivity contribution in [3.8, 4) is 5.75 Å². The maximum atomic E-state index is 13.2. The summed E-state index contributed by atoms with van der Waals surface area (Å²) in [6.45, 7) is 7.21. The molecular weight excluding hydrogens is 432 g/mol. The van der Waals surface area contributed by atoms with Crippen LogP contribution in [0.2, 0.25) is 0 Å². The standard InChI is InChI=1S/C27H40N2O5/c1-27(2,3)34-26(31)28-22-9-6-16-29-23(22)18-33-20-14-12-19(13-15-20)21-8-4-5-10-24(21)32-17-7-11-25(29)30/h4-5,8,10,19-20,22-23H,6-7,9,11-18H2,1-3H3,(H,28,31)/t19?,20?,22-,23-/m0/s1. The quantitative estimate of drug-likeness (QED) is 0.636. The van der Waals surface area contributed by atoms with E-state index in [-0.39, 0.29) is 24.1 Å². The van der Waals surface area contributed by atoms with E-state index in [9.17, 15) is 9.59 Å². The van der Waals surface area contributed by atoms with Gasteiger partial charge in [0.15, 0.2) is 0 Å². The minimum absolute atomic E-state index is 0.0975. The average molecular weight is 473 g/mol. The summed E-state index contributed by atoms with van der Waals surface area (Å²) < 4.78 is 18.0. The van der Waals surface area contributed by atoms with E-state index in [1.54, 1.807) is 0 Å². The van der Waals surface area contributed by atoms with Gasteiger partial charge in [0.05, 0.1) is 31.4 Å². The summed E-state index contributed by atoms with van der Waals surface area (Å²) in [5.41, 5.74) is 0.712. The Labute approximate surface area is 203 Å². The van der Waals surface area contributed by atoms with E-state index in [1.807, 2.05) is 37.8 Å². The van der Waals surface area contributed by atoms with Gasteiger partial charge < -0.3 is 24.4 Å². The molecule has 188 valence electrons. The molecule has 0 radical (unpaired) electrons. The van der Waals surface area contributed by atoms with Crippen LogP contribution in [-0.2, 0) is 14.3 Å². The number of fused-ring (bicyclic) bond motifs is 7. The zero-order valence-corrected chi connectivity index (χ0v) is 20.9. The maximum absolute atomic E-state index is 13.2. The predicted octanol–water partition coefficient (Wildman–Crippen LogP) is 4.79. The van der Waals surface area contributed by atoms with Gasteiger partial charge in [-0.2, -0.15) is 0 Å². The molecule has 1 saturated heterocycles. The lowest BCUT2D eigenvalue weighted by molar-refractivity contribution is -0.139. The molecule has 2 bridgehead atoms. The molecule has 3 aliphatic heterocycles. The molecule has 1 aromatic carbocycles. The zero-order chi connectivity index (χ0) is 24.1. The van der Waals surface area contributed by atoms with E-state index in [4.69, 9.17) is 14.2 Å². The maximum Gasteiger partial charge on any atom is 0.407 e. The van der Waals surface area contributed by atoms with Gasteiger partial charge in [-0.05, 0) is 83.3 Å². The highest BCUT2D eigenvalue weighted by molar-refractivity contribution is 5.77. The fraction of sp³-hybridized carbons (Fsp3) is 0.704. The first kappa shape index (κ1) is 24.8. The summed E-state index contributed by atoms with van der Waals surface area (Å²) in [5, 5.41) is 3.03. The van der Waals surface area contributed by atoms with Gasteiger partial charge in [0.1, 0.15) is 11.4 Å². The molecule has 2 fully saturated rings. The number of para-hydroxylation sites is 1. The third-order valence-corrected chi connectivity index (χ3v) is 7.13. The lowest BCUT2D eigenvalue weighted by atomic mass is 9.82. The second-order valence-electron chi connectivity index (χ2n) is 10.8. The van der Waals surface area contributed by atoms with E-state index < -0.39 is 11.7 Å². The number of amides is 2. The molecule has 7 nitrogen and oxygen atoms in total. The van der Waals surface area contributed by atoms with Crippen molar-refractivity contribution in [1.29, 1.82) is 0 Å². The van der Waals surface area contributed by atoms with Crippen LogP contribution in [0.1, 0.15) is 83.6 Å². The summed E-state index contributed by atoms with van der Waals surface area (Å²) >= 11 is 0. The van der Waals surface area contributed by atoms with Crippen LogP contribution in [-0.4, -0.2) is 60.4 Å². The highest BCUT2D eigenvalue weighted by Crippen LogP contribution is 2.38. The Hall–Kier alpha value is -2.28. The SMILES string of the molecule is CC(C)(C)OC(=O)N[C@H]1CCCN2C(=O)CCCOc3ccccc3C3CCC(CC3)OC[C@@H]12. The number of hydrogen-bond acceptors (Lipinski definition) is 5. The molecule has 2 atom stereocenters. The number of ether oxygens (including phenoxy) is 3. The van der Waals surface area contributed by atoms with E-state index in [1.165, 1.54) is 5.56 Å². The largest absolute Gasteiger partial charge is 0.493 e. The first-order chi connectivity index (χ1) is 16.3. The van der Waals surface area contributed by atoms with Crippen LogP contribution in [0.25, 0.3) is 0 Å². The van der Waals surface area contributed by atoms with Crippen molar-refractivity contribution in [1.82, 2.24) is 10.2 Å². The summed E-state index contributed by atoms with van der Waals surface area (Å²) in [7, 11) is 0. The Balaban J connectivity index is 1.49. The number of carbonyl (C=O) groups excluding carboxylic acids is 2. The van der Waals surface area contributed by atoms with Crippen LogP contribution in [0.4, 0.5) is 4.79 Å². The molecule has 0 aromatic heterocycles. The molecule has 1 aliphatic carbocycles. The fourth-order valence-corrected chi connectivity index (χ4v) is 5.47. The minimum atomic E-state index is -0.567. The van der Waals surface area contributed by atoms with Gasteiger partial charge in [-0.15, -0.1) is 0 Å². The van der Waals surface area contributed by atoms with Gasteiger partial charge in [-0.25, -0.2) is 4.79 Å². The smallest absolute Gasteiger partial charge is 0.407 e. The summed E-state index contributed by atoms with van der Waals surface area (Å²) in [4.78, 5) is 27.7. The molecule has 3 heterocycles. The number of carbonyl (C=O) groups is 2. The van der Waals surface area contributed by atoms with E-state index >= 15 is 0 Å². The summed E-state index contributed by atoms with van der Waals surface area (Å²) in [6, 6.07) is 7.96. The van der Waals surface area contributed by atoms with Gasteiger partial charge in [-0.1, -0.05) is 18.2 Å². The number of rotatable bonds is 1. The fourth-order valence-electron chi connectivity index (χ4n) is 5.47. The van der Waals surface area contributed by atoms with Crippen molar-refractivity contribution in [2.75, 3.05) is 19.8 Å². The lowest BCUT2D eigenvalue weighted by Crippen LogP contribution is -2.59. The number of nitrogens with one attached hydrogen (secondary N) is 1. The van der Waals surface area contributed by atoms with Crippen LogP contribution < -0.4 is 10.1 Å². The van der Waals surface area contributed by atoms with Crippen molar-refractivity contribution in [2.24, 2.45) is 0 Å². The molecule has 1 N–H and O–H groups in total. The Morgan fingerprint density at radius 3 is 2.62 bits per heavy atom. The Morgan fingerprint density at radius 1 is 1.09 bits per heavy atom. The van der Waals surface area contributed by atoms with Crippen LogP contribution in [0.3, 0.4) is 0 Å². The molecule has 1 aromatic rings. The van der Waals surface area contributed by atoms with Crippen molar-refractivity contribution >= 4 is 12.0 Å². The summed E-state index contributed by atoms with van der Waals surface area (Å²) in [5.74, 6) is 1.53. The predicted molar refractivity (Wildman–Crippen MR) is 130 cm³/mol. The minimum Gasteiger partial charge on any atom is -0.493 e. The van der Waals surface area contributed by atoms with Crippen molar-refractivity contribution in [2.45, 2.75) is 102 Å². The molecule has 4 aliphatic rings. The molecule has 2 amide bonds. The molecular formula is C27H40N2O5. The number of nitrogens with zero attached hydrogens (tertiary/aromatic N) is 1. The Bertz CT molecular complexity index is 844. The second-order valence-corrected chi connectivity index (χ2v) is 10.8. The lowest BCUT2D eigenvalue weighted by Gasteiger charge is -2.42. The van der Waals surface area contributed by atoms with E-state index in [2.05, 4.69) is 17.4 Å². The van der Waals surface area contributed by atoms with Gasteiger partial charge >= 0.3 is 6.09 Å². The Morgan fingerprint density at radius 2 is 1.85 bits per heavy atom. The number of benzene rings is 1. The molecule has 1 saturated carbocycles. The van der Waals surface area contributed by atoms with E-state index in [0.29, 0.717) is 38.5 Å². The van der Waals surface area contributed by atoms with Crippen LogP contribution in [0, 0.1) is 0 Å². The monoisotopic (exact) mass is 472 g/mol. The van der Waals surface area contributed by atoms with Gasteiger partial charge in [0.2, 0.25) is 5.91 Å². The third-order valence-electron chi connectivity index (χ3n) is 7.13. The average Bonchev–Trinajstić information content (AvgIpc) is 2.80. The number of alkyl carbamates (subject to hydrolysis) is 1. The molecule has 0 spiro atoms. The van der Waals surface area contributed by atoms with Gasteiger partial charge in [-0.3, -0.25) is 4.79 Å². The third kappa shape index (κ3) is 6.44. The van der Waals surface area contributed by atoms with Crippen molar-refractivity contribution in [3.05, 3.63) is 29.8 Å². The van der Waals surface area contributed by atoms with Gasteiger partial charge in [0.25, 0.3) is 0 Å². The summed E-state index contributed by atoms with van der Waals surface area (Å²) in [6.07, 6.45) is 6.59.